The van der Waals surface area contributed by atoms with E-state index in [4.69, 9.17) is 5.73 Å². The molecule has 1 aliphatic carbocycles. The van der Waals surface area contributed by atoms with Crippen molar-refractivity contribution < 1.29 is 4.79 Å². The maximum Gasteiger partial charge on any atom is 0.231 e. The first-order valence-corrected chi connectivity index (χ1v) is 6.58. The molecule has 0 radical (unpaired) electrons. The van der Waals surface area contributed by atoms with Gasteiger partial charge >= 0.3 is 0 Å². The molecule has 2 atom stereocenters. The van der Waals surface area contributed by atoms with E-state index in [0.717, 1.165) is 11.4 Å². The van der Waals surface area contributed by atoms with Crippen molar-refractivity contribution >= 4 is 11.6 Å². The summed E-state index contributed by atoms with van der Waals surface area (Å²) in [7, 11) is 0. The summed E-state index contributed by atoms with van der Waals surface area (Å²) in [6, 6.07) is 9.41. The highest BCUT2D eigenvalue weighted by Gasteiger charge is 2.23. The van der Waals surface area contributed by atoms with Crippen LogP contribution < -0.4 is 11.1 Å². The van der Waals surface area contributed by atoms with E-state index in [-0.39, 0.29) is 17.9 Å². The van der Waals surface area contributed by atoms with Crippen LogP contribution in [0.2, 0.25) is 0 Å². The second-order valence-electron chi connectivity index (χ2n) is 4.85. The Morgan fingerprint density at radius 2 is 2.15 bits per heavy atom. The largest absolute Gasteiger partial charge is 0.324 e. The third-order valence-electron chi connectivity index (χ3n) is 3.37. The normalized spacial score (nSPS) is 21.1. The predicted molar refractivity (Wildman–Crippen MR) is 77.4 cm³/mol. The number of nitrogens with two attached hydrogens (primary N) is 1. The number of carbonyl (C=O) groups is 1. The van der Waals surface area contributed by atoms with Crippen molar-refractivity contribution in [3.05, 3.63) is 54.9 Å². The number of para-hydroxylation sites is 2. The van der Waals surface area contributed by atoms with Gasteiger partial charge in [0.25, 0.3) is 0 Å². The Hall–Kier alpha value is -2.40. The molecule has 3 N–H and O–H groups in total. The molecular weight excluding hydrogens is 252 g/mol. The van der Waals surface area contributed by atoms with E-state index in [1.807, 2.05) is 48.7 Å². The quantitative estimate of drug-likeness (QED) is 0.832. The lowest BCUT2D eigenvalue weighted by atomic mass is 10.1. The van der Waals surface area contributed by atoms with E-state index in [0.29, 0.717) is 6.42 Å². The van der Waals surface area contributed by atoms with Crippen molar-refractivity contribution in [3.8, 4) is 5.69 Å². The van der Waals surface area contributed by atoms with Crippen LogP contribution in [0.25, 0.3) is 5.69 Å². The van der Waals surface area contributed by atoms with Gasteiger partial charge in [0.05, 0.1) is 17.3 Å². The monoisotopic (exact) mass is 268 g/mol. The van der Waals surface area contributed by atoms with Gasteiger partial charge in [0.2, 0.25) is 5.91 Å². The van der Waals surface area contributed by atoms with Crippen LogP contribution in [0.15, 0.2) is 54.9 Å². The van der Waals surface area contributed by atoms with E-state index in [1.165, 1.54) is 0 Å². The van der Waals surface area contributed by atoms with Gasteiger partial charge < -0.3 is 11.1 Å². The third kappa shape index (κ3) is 2.48. The van der Waals surface area contributed by atoms with Crippen LogP contribution >= 0.6 is 0 Å². The summed E-state index contributed by atoms with van der Waals surface area (Å²) >= 11 is 0. The molecule has 3 rings (SSSR count). The molecule has 1 aromatic heterocycles. The van der Waals surface area contributed by atoms with Gasteiger partial charge in [-0.3, -0.25) is 4.79 Å². The van der Waals surface area contributed by atoms with Gasteiger partial charge in [-0.15, -0.1) is 0 Å². The van der Waals surface area contributed by atoms with Crippen LogP contribution in [0.4, 0.5) is 5.69 Å². The lowest BCUT2D eigenvalue weighted by Gasteiger charge is -2.14. The third-order valence-corrected chi connectivity index (χ3v) is 3.37. The maximum absolute atomic E-state index is 12.2. The minimum atomic E-state index is -0.157. The van der Waals surface area contributed by atoms with Crippen LogP contribution in [-0.4, -0.2) is 21.7 Å². The van der Waals surface area contributed by atoms with Crippen molar-refractivity contribution in [2.75, 3.05) is 5.32 Å². The minimum absolute atomic E-state index is 0.0212. The number of benzene rings is 1. The fourth-order valence-corrected chi connectivity index (χ4v) is 2.34. The van der Waals surface area contributed by atoms with E-state index in [2.05, 4.69) is 10.4 Å². The molecule has 0 spiro atoms. The molecule has 5 nitrogen and oxygen atoms in total. The summed E-state index contributed by atoms with van der Waals surface area (Å²) in [5.74, 6) is -0.190. The molecule has 2 aromatic rings. The lowest BCUT2D eigenvalue weighted by molar-refractivity contribution is -0.118. The molecule has 0 bridgehead atoms. The molecule has 1 aromatic carbocycles. The molecule has 1 aliphatic rings. The van der Waals surface area contributed by atoms with Crippen LogP contribution in [0.5, 0.6) is 0 Å². The fourth-order valence-electron chi connectivity index (χ4n) is 2.34. The Labute approximate surface area is 117 Å². The van der Waals surface area contributed by atoms with Gasteiger partial charge in [-0.05, 0) is 24.6 Å². The van der Waals surface area contributed by atoms with Crippen molar-refractivity contribution in [1.29, 1.82) is 0 Å². The first-order valence-electron chi connectivity index (χ1n) is 6.58. The number of carbonyl (C=O) groups excluding carboxylic acids is 1. The van der Waals surface area contributed by atoms with E-state index >= 15 is 0 Å². The topological polar surface area (TPSA) is 72.9 Å². The number of amides is 1. The SMILES string of the molecule is NC1C=CC(C(=O)Nc2ccccc2-n2cccn2)C1. The van der Waals surface area contributed by atoms with E-state index in [9.17, 15) is 4.79 Å². The molecule has 1 heterocycles. The number of aromatic nitrogens is 2. The molecular formula is C15H16N4O. The zero-order chi connectivity index (χ0) is 13.9. The second kappa shape index (κ2) is 5.30. The molecule has 1 amide bonds. The minimum Gasteiger partial charge on any atom is -0.324 e. The van der Waals surface area contributed by atoms with Crippen molar-refractivity contribution in [2.45, 2.75) is 12.5 Å². The summed E-state index contributed by atoms with van der Waals surface area (Å²) in [6.07, 6.45) is 7.96. The Morgan fingerprint density at radius 3 is 2.85 bits per heavy atom. The average Bonchev–Trinajstić information content (AvgIpc) is 3.10. The van der Waals surface area contributed by atoms with Crippen LogP contribution in [0, 0.1) is 5.92 Å². The van der Waals surface area contributed by atoms with Crippen LogP contribution in [0.1, 0.15) is 6.42 Å². The fraction of sp³-hybridized carbons (Fsp3) is 0.200. The Balaban J connectivity index is 1.81. The highest BCUT2D eigenvalue weighted by Crippen LogP contribution is 2.22. The second-order valence-corrected chi connectivity index (χ2v) is 4.85. The zero-order valence-corrected chi connectivity index (χ0v) is 10.9. The zero-order valence-electron chi connectivity index (χ0n) is 10.9. The molecule has 0 fully saturated rings. The van der Waals surface area contributed by atoms with Gasteiger partial charge in [0.15, 0.2) is 0 Å². The standard InChI is InChI=1S/C15H16N4O/c16-12-7-6-11(10-12)15(20)18-13-4-1-2-5-14(13)19-9-3-8-17-19/h1-9,11-12H,10,16H2,(H,18,20). The lowest BCUT2D eigenvalue weighted by Crippen LogP contribution is -2.24. The van der Waals surface area contributed by atoms with Gasteiger partial charge in [-0.1, -0.05) is 24.3 Å². The molecule has 0 saturated carbocycles. The van der Waals surface area contributed by atoms with E-state index < -0.39 is 0 Å². The van der Waals surface area contributed by atoms with Gasteiger partial charge in [-0.2, -0.15) is 5.10 Å². The smallest absolute Gasteiger partial charge is 0.231 e. The van der Waals surface area contributed by atoms with E-state index in [1.54, 1.807) is 10.9 Å². The molecule has 2 unspecified atom stereocenters. The summed E-state index contributed by atoms with van der Waals surface area (Å²) in [5.41, 5.74) is 7.37. The maximum atomic E-state index is 12.2. The Kier molecular flexibility index (Phi) is 3.35. The highest BCUT2D eigenvalue weighted by molar-refractivity contribution is 5.95. The molecule has 0 aliphatic heterocycles. The number of anilines is 1. The number of hydrogen-bond acceptors (Lipinski definition) is 3. The van der Waals surface area contributed by atoms with Crippen molar-refractivity contribution in [2.24, 2.45) is 11.7 Å². The Morgan fingerprint density at radius 1 is 1.30 bits per heavy atom. The van der Waals surface area contributed by atoms with Gasteiger partial charge in [-0.25, -0.2) is 4.68 Å². The summed E-state index contributed by atoms with van der Waals surface area (Å²) in [4.78, 5) is 12.2. The molecule has 5 heteroatoms. The molecule has 0 saturated heterocycles. The van der Waals surface area contributed by atoms with Gasteiger partial charge in [0.1, 0.15) is 0 Å². The first kappa shape index (κ1) is 12.6. The summed E-state index contributed by atoms with van der Waals surface area (Å²) < 4.78 is 1.73. The van der Waals surface area contributed by atoms with Crippen molar-refractivity contribution in [3.63, 3.8) is 0 Å². The first-order chi connectivity index (χ1) is 9.74. The number of nitrogens with zero attached hydrogens (tertiary/aromatic N) is 2. The summed E-state index contributed by atoms with van der Waals surface area (Å²) in [5, 5.41) is 7.15. The predicted octanol–water partition coefficient (Wildman–Crippen LogP) is 1.71. The van der Waals surface area contributed by atoms with Crippen LogP contribution in [-0.2, 0) is 4.79 Å². The van der Waals surface area contributed by atoms with Crippen LogP contribution in [0.3, 0.4) is 0 Å². The molecule has 20 heavy (non-hydrogen) atoms. The summed E-state index contributed by atoms with van der Waals surface area (Å²) in [6.45, 7) is 0. The number of hydrogen-bond donors (Lipinski definition) is 2. The highest BCUT2D eigenvalue weighted by atomic mass is 16.1. The van der Waals surface area contributed by atoms with Gasteiger partial charge in [0, 0.05) is 18.4 Å². The number of nitrogens with one attached hydrogen (secondary N) is 1. The molecule has 102 valence electrons. The average molecular weight is 268 g/mol. The Bertz CT molecular complexity index is 633. The van der Waals surface area contributed by atoms with Crippen molar-refractivity contribution in [1.82, 2.24) is 9.78 Å². The number of rotatable bonds is 3.